The summed E-state index contributed by atoms with van der Waals surface area (Å²) in [7, 11) is 0. The predicted octanol–water partition coefficient (Wildman–Crippen LogP) is 5.26. The van der Waals surface area contributed by atoms with Crippen molar-refractivity contribution in [3.63, 3.8) is 0 Å². The van der Waals surface area contributed by atoms with Gasteiger partial charge in [-0.3, -0.25) is 0 Å². The third-order valence-corrected chi connectivity index (χ3v) is 3.69. The molecule has 0 heterocycles. The van der Waals surface area contributed by atoms with E-state index >= 15 is 0 Å². The summed E-state index contributed by atoms with van der Waals surface area (Å²) in [6.45, 7) is 2.81. The van der Waals surface area contributed by atoms with Gasteiger partial charge in [-0.15, -0.1) is 0 Å². The van der Waals surface area contributed by atoms with E-state index in [0.29, 0.717) is 16.6 Å². The predicted molar refractivity (Wildman–Crippen MR) is 86.1 cm³/mol. The van der Waals surface area contributed by atoms with Crippen LogP contribution < -0.4 is 10.1 Å². The molecule has 0 fully saturated rings. The van der Waals surface area contributed by atoms with Crippen LogP contribution in [0, 0.1) is 0 Å². The molecular weight excluding hydrogens is 293 g/mol. The van der Waals surface area contributed by atoms with E-state index < -0.39 is 0 Å². The van der Waals surface area contributed by atoms with Gasteiger partial charge in [-0.25, -0.2) is 0 Å². The highest BCUT2D eigenvalue weighted by atomic mass is 35.5. The van der Waals surface area contributed by atoms with E-state index in [4.69, 9.17) is 27.9 Å². The van der Waals surface area contributed by atoms with Crippen molar-refractivity contribution in [3.8, 4) is 5.75 Å². The number of para-hydroxylation sites is 1. The van der Waals surface area contributed by atoms with Gasteiger partial charge in [0.1, 0.15) is 11.9 Å². The summed E-state index contributed by atoms with van der Waals surface area (Å²) < 4.78 is 5.92. The van der Waals surface area contributed by atoms with Crippen LogP contribution in [0.2, 0.25) is 10.0 Å². The fourth-order valence-electron chi connectivity index (χ4n) is 1.80. The maximum absolute atomic E-state index is 5.99. The lowest BCUT2D eigenvalue weighted by molar-refractivity contribution is 0.210. The van der Waals surface area contributed by atoms with E-state index in [1.807, 2.05) is 42.5 Å². The first-order valence-electron chi connectivity index (χ1n) is 6.59. The first kappa shape index (κ1) is 15.0. The van der Waals surface area contributed by atoms with E-state index in [9.17, 15) is 0 Å². The van der Waals surface area contributed by atoms with Crippen molar-refractivity contribution >= 4 is 28.9 Å². The second-order valence-corrected chi connectivity index (χ2v) is 5.29. The zero-order valence-electron chi connectivity index (χ0n) is 11.3. The van der Waals surface area contributed by atoms with E-state index in [2.05, 4.69) is 12.2 Å². The Balaban J connectivity index is 1.92. The molecule has 1 N–H and O–H groups in total. The topological polar surface area (TPSA) is 21.3 Å². The highest BCUT2D eigenvalue weighted by Gasteiger charge is 2.08. The Hall–Kier alpha value is -1.38. The molecule has 0 spiro atoms. The van der Waals surface area contributed by atoms with Gasteiger partial charge in [0.2, 0.25) is 0 Å². The van der Waals surface area contributed by atoms with Gasteiger partial charge in [0, 0.05) is 5.69 Å². The van der Waals surface area contributed by atoms with E-state index in [0.717, 1.165) is 17.9 Å². The number of hydrogen-bond acceptors (Lipinski definition) is 2. The molecule has 2 nitrogen and oxygen atoms in total. The molecule has 106 valence electrons. The van der Waals surface area contributed by atoms with Crippen LogP contribution >= 0.6 is 23.2 Å². The Kier molecular flexibility index (Phi) is 5.57. The van der Waals surface area contributed by atoms with Crippen molar-refractivity contribution < 1.29 is 4.74 Å². The summed E-state index contributed by atoms with van der Waals surface area (Å²) in [6, 6.07) is 15.3. The summed E-state index contributed by atoms with van der Waals surface area (Å²) in [4.78, 5) is 0. The molecule has 0 aliphatic rings. The minimum Gasteiger partial charge on any atom is -0.489 e. The zero-order valence-corrected chi connectivity index (χ0v) is 12.8. The number of ether oxygens (including phenoxy) is 1. The molecular formula is C16H17Cl2NO. The van der Waals surface area contributed by atoms with Gasteiger partial charge in [0.15, 0.2) is 0 Å². The minimum absolute atomic E-state index is 0.104. The fourth-order valence-corrected chi connectivity index (χ4v) is 2.10. The molecule has 0 amide bonds. The highest BCUT2D eigenvalue weighted by Crippen LogP contribution is 2.25. The van der Waals surface area contributed by atoms with Crippen molar-refractivity contribution in [2.75, 3.05) is 11.9 Å². The van der Waals surface area contributed by atoms with Gasteiger partial charge in [0.25, 0.3) is 0 Å². The van der Waals surface area contributed by atoms with Crippen molar-refractivity contribution in [1.82, 2.24) is 0 Å². The molecule has 0 saturated carbocycles. The molecule has 0 saturated heterocycles. The lowest BCUT2D eigenvalue weighted by atomic mass is 10.2. The molecule has 0 aliphatic heterocycles. The lowest BCUT2D eigenvalue weighted by Gasteiger charge is -2.19. The monoisotopic (exact) mass is 309 g/mol. The summed E-state index contributed by atoms with van der Waals surface area (Å²) in [5.74, 6) is 0.885. The van der Waals surface area contributed by atoms with Gasteiger partial charge >= 0.3 is 0 Å². The van der Waals surface area contributed by atoms with Crippen LogP contribution in [-0.2, 0) is 0 Å². The third-order valence-electron chi connectivity index (χ3n) is 2.95. The molecule has 2 aromatic carbocycles. The van der Waals surface area contributed by atoms with Crippen LogP contribution in [0.1, 0.15) is 13.3 Å². The van der Waals surface area contributed by atoms with Crippen molar-refractivity contribution in [2.24, 2.45) is 0 Å². The van der Waals surface area contributed by atoms with Crippen molar-refractivity contribution in [3.05, 3.63) is 58.6 Å². The van der Waals surface area contributed by atoms with Crippen LogP contribution in [0.3, 0.4) is 0 Å². The Bertz CT molecular complexity index is 545. The van der Waals surface area contributed by atoms with Gasteiger partial charge in [0.05, 0.1) is 16.6 Å². The maximum Gasteiger partial charge on any atom is 0.119 e. The molecule has 0 aliphatic carbocycles. The Labute approximate surface area is 129 Å². The van der Waals surface area contributed by atoms with Gasteiger partial charge in [-0.1, -0.05) is 48.3 Å². The van der Waals surface area contributed by atoms with Crippen LogP contribution in [0.15, 0.2) is 48.5 Å². The molecule has 1 unspecified atom stereocenters. The molecule has 20 heavy (non-hydrogen) atoms. The zero-order chi connectivity index (χ0) is 14.4. The Morgan fingerprint density at radius 2 is 1.80 bits per heavy atom. The summed E-state index contributed by atoms with van der Waals surface area (Å²) >= 11 is 11.9. The lowest BCUT2D eigenvalue weighted by Crippen LogP contribution is -2.25. The van der Waals surface area contributed by atoms with E-state index in [-0.39, 0.29) is 6.10 Å². The number of benzene rings is 2. The number of nitrogens with one attached hydrogen (secondary N) is 1. The Morgan fingerprint density at radius 1 is 1.05 bits per heavy atom. The van der Waals surface area contributed by atoms with Gasteiger partial charge in [-0.05, 0) is 36.8 Å². The number of halogens is 2. The largest absolute Gasteiger partial charge is 0.489 e. The average Bonchev–Trinajstić information content (AvgIpc) is 2.48. The molecule has 2 aromatic rings. The van der Waals surface area contributed by atoms with Crippen LogP contribution in [0.25, 0.3) is 0 Å². The second kappa shape index (κ2) is 7.41. The molecule has 2 rings (SSSR count). The normalized spacial score (nSPS) is 11.9. The minimum atomic E-state index is 0.104. The highest BCUT2D eigenvalue weighted by molar-refractivity contribution is 6.42. The first-order valence-corrected chi connectivity index (χ1v) is 7.35. The summed E-state index contributed by atoms with van der Waals surface area (Å²) in [6.07, 6.45) is 1.02. The van der Waals surface area contributed by atoms with Crippen LogP contribution in [0.4, 0.5) is 5.69 Å². The summed E-state index contributed by atoms with van der Waals surface area (Å²) in [5, 5.41) is 4.43. The Morgan fingerprint density at radius 3 is 2.45 bits per heavy atom. The molecule has 4 heteroatoms. The smallest absolute Gasteiger partial charge is 0.119 e. The van der Waals surface area contributed by atoms with Crippen LogP contribution in [0.5, 0.6) is 5.75 Å². The molecule has 0 aromatic heterocycles. The number of rotatable bonds is 6. The van der Waals surface area contributed by atoms with Gasteiger partial charge < -0.3 is 10.1 Å². The number of hydrogen-bond donors (Lipinski definition) is 1. The van der Waals surface area contributed by atoms with Gasteiger partial charge in [-0.2, -0.15) is 0 Å². The molecule has 1 atom stereocenters. The summed E-state index contributed by atoms with van der Waals surface area (Å²) in [5.41, 5.74) is 0.939. The standard InChI is InChI=1S/C16H17Cl2NO/c1-2-13(20-14-6-4-3-5-7-14)11-19-12-8-9-15(17)16(18)10-12/h3-10,13,19H,2,11H2,1H3. The third kappa shape index (κ3) is 4.32. The van der Waals surface area contributed by atoms with E-state index in [1.165, 1.54) is 0 Å². The second-order valence-electron chi connectivity index (χ2n) is 4.47. The van der Waals surface area contributed by atoms with Crippen molar-refractivity contribution in [1.29, 1.82) is 0 Å². The van der Waals surface area contributed by atoms with Crippen LogP contribution in [-0.4, -0.2) is 12.6 Å². The first-order chi connectivity index (χ1) is 9.69. The average molecular weight is 310 g/mol. The molecule has 0 radical (unpaired) electrons. The van der Waals surface area contributed by atoms with E-state index in [1.54, 1.807) is 6.07 Å². The SMILES string of the molecule is CCC(CNc1ccc(Cl)c(Cl)c1)Oc1ccccc1. The quantitative estimate of drug-likeness (QED) is 0.785. The maximum atomic E-state index is 5.99. The number of anilines is 1. The van der Waals surface area contributed by atoms with Crippen molar-refractivity contribution in [2.45, 2.75) is 19.4 Å². The molecule has 0 bridgehead atoms. The fraction of sp³-hybridized carbons (Fsp3) is 0.250.